The average Bonchev–Trinajstić information content (AvgIpc) is 3.38. The van der Waals surface area contributed by atoms with E-state index in [2.05, 4.69) is 53.2 Å². The van der Waals surface area contributed by atoms with Crippen molar-refractivity contribution >= 4 is 16.5 Å². The van der Waals surface area contributed by atoms with E-state index >= 15 is 0 Å². The molecule has 0 bridgehead atoms. The largest absolute Gasteiger partial charge is 0.376 e. The van der Waals surface area contributed by atoms with Crippen molar-refractivity contribution in [2.24, 2.45) is 0 Å². The van der Waals surface area contributed by atoms with Gasteiger partial charge >= 0.3 is 0 Å². The zero-order valence-corrected chi connectivity index (χ0v) is 14.8. The first-order valence-corrected chi connectivity index (χ1v) is 9.77. The van der Waals surface area contributed by atoms with Crippen LogP contribution in [-0.2, 0) is 11.2 Å². The van der Waals surface area contributed by atoms with Crippen molar-refractivity contribution in [1.82, 2.24) is 4.98 Å². The van der Waals surface area contributed by atoms with Crippen molar-refractivity contribution in [3.63, 3.8) is 0 Å². The van der Waals surface area contributed by atoms with Gasteiger partial charge in [-0.2, -0.15) is 0 Å². The third-order valence-electron chi connectivity index (χ3n) is 5.10. The molecule has 4 heteroatoms. The minimum atomic E-state index is 0.337. The van der Waals surface area contributed by atoms with Gasteiger partial charge in [0, 0.05) is 24.1 Å². The first-order valence-electron chi connectivity index (χ1n) is 8.89. The van der Waals surface area contributed by atoms with Crippen LogP contribution in [0.2, 0.25) is 0 Å². The lowest BCUT2D eigenvalue weighted by Gasteiger charge is -2.09. The van der Waals surface area contributed by atoms with Gasteiger partial charge in [-0.25, -0.2) is 4.98 Å². The van der Waals surface area contributed by atoms with E-state index in [-0.39, 0.29) is 0 Å². The van der Waals surface area contributed by atoms with Crippen LogP contribution in [-0.4, -0.2) is 24.2 Å². The van der Waals surface area contributed by atoms with Gasteiger partial charge in [0.1, 0.15) is 0 Å². The third kappa shape index (κ3) is 2.86. The molecular weight excluding hydrogens is 328 g/mol. The van der Waals surface area contributed by atoms with Crippen molar-refractivity contribution in [1.29, 1.82) is 0 Å². The van der Waals surface area contributed by atoms with Crippen LogP contribution in [0.1, 0.15) is 24.0 Å². The molecule has 2 aliphatic rings. The van der Waals surface area contributed by atoms with E-state index < -0.39 is 0 Å². The zero-order chi connectivity index (χ0) is 16.6. The lowest BCUT2D eigenvalue weighted by atomic mass is 10.0. The molecule has 2 heterocycles. The van der Waals surface area contributed by atoms with Gasteiger partial charge < -0.3 is 10.1 Å². The molecule has 0 saturated carbocycles. The van der Waals surface area contributed by atoms with E-state index in [0.29, 0.717) is 6.10 Å². The molecule has 1 aromatic heterocycles. The Morgan fingerprint density at radius 2 is 2.04 bits per heavy atom. The maximum atomic E-state index is 5.66. The first-order chi connectivity index (χ1) is 12.4. The summed E-state index contributed by atoms with van der Waals surface area (Å²) in [6.45, 7) is 1.75. The van der Waals surface area contributed by atoms with Crippen molar-refractivity contribution in [2.75, 3.05) is 18.5 Å². The summed E-state index contributed by atoms with van der Waals surface area (Å²) < 4.78 is 5.66. The molecule has 0 amide bonds. The van der Waals surface area contributed by atoms with E-state index in [4.69, 9.17) is 9.72 Å². The van der Waals surface area contributed by atoms with Crippen LogP contribution in [0.5, 0.6) is 0 Å². The Hall–Kier alpha value is -2.17. The lowest BCUT2D eigenvalue weighted by Crippen LogP contribution is -2.18. The molecular formula is C21H20N2OS. The molecule has 1 atom stereocenters. The van der Waals surface area contributed by atoms with Crippen molar-refractivity contribution in [3.05, 3.63) is 59.0 Å². The summed E-state index contributed by atoms with van der Waals surface area (Å²) in [6.07, 6.45) is 3.70. The summed E-state index contributed by atoms with van der Waals surface area (Å²) in [5.41, 5.74) is 7.80. The van der Waals surface area contributed by atoms with E-state index in [0.717, 1.165) is 36.8 Å². The number of hydrogen-bond donors (Lipinski definition) is 1. The van der Waals surface area contributed by atoms with Gasteiger partial charge in [-0.05, 0) is 47.6 Å². The second-order valence-electron chi connectivity index (χ2n) is 6.76. The lowest BCUT2D eigenvalue weighted by molar-refractivity contribution is 0.120. The molecule has 0 radical (unpaired) electrons. The van der Waals surface area contributed by atoms with Crippen LogP contribution in [0.4, 0.5) is 5.13 Å². The molecule has 1 fully saturated rings. The highest BCUT2D eigenvalue weighted by Crippen LogP contribution is 2.39. The summed E-state index contributed by atoms with van der Waals surface area (Å²) in [7, 11) is 0. The van der Waals surface area contributed by atoms with E-state index in [1.165, 1.54) is 34.2 Å². The van der Waals surface area contributed by atoms with E-state index in [1.54, 1.807) is 11.3 Å². The quantitative estimate of drug-likeness (QED) is 0.565. The standard InChI is InChI=1S/C21H20N2OS/c1-2-6-18-14(4-1)10-15-7-8-16(11-19(15)18)20-13-25-21(23-20)22-12-17-5-3-9-24-17/h1-2,4,6-8,11,13,17H,3,5,9-10,12H2,(H,22,23)/t17-/m0/s1. The fourth-order valence-electron chi connectivity index (χ4n) is 3.78. The minimum Gasteiger partial charge on any atom is -0.376 e. The Labute approximate surface area is 151 Å². The molecule has 2 aromatic carbocycles. The molecule has 1 N–H and O–H groups in total. The monoisotopic (exact) mass is 348 g/mol. The van der Waals surface area contributed by atoms with Crippen LogP contribution < -0.4 is 5.32 Å². The number of aromatic nitrogens is 1. The molecule has 25 heavy (non-hydrogen) atoms. The van der Waals surface area contributed by atoms with Gasteiger partial charge in [0.05, 0.1) is 11.8 Å². The minimum absolute atomic E-state index is 0.337. The van der Waals surface area contributed by atoms with Crippen LogP contribution in [0.3, 0.4) is 0 Å². The SMILES string of the molecule is c1ccc2c(c1)Cc1ccc(-c3csc(NC[C@@H]4CCCO4)n3)cc1-2. The van der Waals surface area contributed by atoms with E-state index in [1.807, 2.05) is 0 Å². The zero-order valence-electron chi connectivity index (χ0n) is 14.0. The fourth-order valence-corrected chi connectivity index (χ4v) is 4.51. The molecule has 126 valence electrons. The van der Waals surface area contributed by atoms with Gasteiger partial charge in [0.2, 0.25) is 0 Å². The predicted octanol–water partition coefficient (Wildman–Crippen LogP) is 4.97. The number of fused-ring (bicyclic) bond motifs is 3. The number of nitrogens with one attached hydrogen (secondary N) is 1. The molecule has 5 rings (SSSR count). The Balaban J connectivity index is 1.38. The number of rotatable bonds is 4. The Bertz CT molecular complexity index is 912. The summed E-state index contributed by atoms with van der Waals surface area (Å²) in [5.74, 6) is 0. The summed E-state index contributed by atoms with van der Waals surface area (Å²) in [4.78, 5) is 4.77. The maximum Gasteiger partial charge on any atom is 0.183 e. The number of ether oxygens (including phenoxy) is 1. The van der Waals surface area contributed by atoms with Gasteiger partial charge in [-0.15, -0.1) is 11.3 Å². The number of benzene rings is 2. The maximum absolute atomic E-state index is 5.66. The van der Waals surface area contributed by atoms with Gasteiger partial charge in [-0.1, -0.05) is 36.4 Å². The van der Waals surface area contributed by atoms with Crippen LogP contribution in [0.25, 0.3) is 22.4 Å². The first kappa shape index (κ1) is 15.1. The van der Waals surface area contributed by atoms with Gasteiger partial charge in [0.25, 0.3) is 0 Å². The average molecular weight is 348 g/mol. The number of thiazole rings is 1. The summed E-state index contributed by atoms with van der Waals surface area (Å²) >= 11 is 1.67. The molecule has 3 aromatic rings. The molecule has 0 spiro atoms. The highest BCUT2D eigenvalue weighted by atomic mass is 32.1. The molecule has 0 unspecified atom stereocenters. The third-order valence-corrected chi connectivity index (χ3v) is 5.90. The topological polar surface area (TPSA) is 34.1 Å². The number of hydrogen-bond acceptors (Lipinski definition) is 4. The second-order valence-corrected chi connectivity index (χ2v) is 7.62. The van der Waals surface area contributed by atoms with Crippen molar-refractivity contribution < 1.29 is 4.74 Å². The Morgan fingerprint density at radius 1 is 1.12 bits per heavy atom. The van der Waals surface area contributed by atoms with Crippen LogP contribution >= 0.6 is 11.3 Å². The van der Waals surface area contributed by atoms with Gasteiger partial charge in [0.15, 0.2) is 5.13 Å². The van der Waals surface area contributed by atoms with Gasteiger partial charge in [-0.3, -0.25) is 0 Å². The van der Waals surface area contributed by atoms with Crippen molar-refractivity contribution in [3.8, 4) is 22.4 Å². The summed E-state index contributed by atoms with van der Waals surface area (Å²) in [6, 6.07) is 15.4. The molecule has 1 saturated heterocycles. The highest BCUT2D eigenvalue weighted by molar-refractivity contribution is 7.14. The molecule has 3 nitrogen and oxygen atoms in total. The molecule has 1 aliphatic carbocycles. The normalized spacial score (nSPS) is 18.2. The molecule has 1 aliphatic heterocycles. The van der Waals surface area contributed by atoms with E-state index in [9.17, 15) is 0 Å². The fraction of sp³-hybridized carbons (Fsp3) is 0.286. The predicted molar refractivity (Wildman–Crippen MR) is 103 cm³/mol. The Morgan fingerprint density at radius 3 is 2.96 bits per heavy atom. The Kier molecular flexibility index (Phi) is 3.80. The van der Waals surface area contributed by atoms with Crippen molar-refractivity contribution in [2.45, 2.75) is 25.4 Å². The summed E-state index contributed by atoms with van der Waals surface area (Å²) in [5, 5.41) is 6.54. The number of nitrogens with zero attached hydrogens (tertiary/aromatic N) is 1. The smallest absolute Gasteiger partial charge is 0.183 e. The highest BCUT2D eigenvalue weighted by Gasteiger charge is 2.19. The van der Waals surface area contributed by atoms with Crippen LogP contribution in [0, 0.1) is 0 Å². The number of anilines is 1. The van der Waals surface area contributed by atoms with Crippen LogP contribution in [0.15, 0.2) is 47.8 Å². The second kappa shape index (κ2) is 6.28.